The molecule has 166 valence electrons. The van der Waals surface area contributed by atoms with Gasteiger partial charge in [0.05, 0.1) is 16.1 Å². The number of amides is 2. The smallest absolute Gasteiger partial charge is 0.255 e. The molecule has 0 radical (unpaired) electrons. The summed E-state index contributed by atoms with van der Waals surface area (Å²) in [5.41, 5.74) is 3.28. The highest BCUT2D eigenvalue weighted by molar-refractivity contribution is 7.70. The average Bonchev–Trinajstić information content (AvgIpc) is 3.39. The van der Waals surface area contributed by atoms with Gasteiger partial charge in [0.25, 0.3) is 5.91 Å². The minimum atomic E-state index is -2.69. The molecule has 8 heteroatoms. The predicted molar refractivity (Wildman–Crippen MR) is 127 cm³/mol. The van der Waals surface area contributed by atoms with Gasteiger partial charge in [-0.2, -0.15) is 0 Å². The van der Waals surface area contributed by atoms with Crippen molar-refractivity contribution < 1.29 is 14.2 Å². The number of benzene rings is 1. The van der Waals surface area contributed by atoms with Crippen LogP contribution in [0.4, 0.5) is 5.13 Å². The molecule has 4 rings (SSSR count). The Kier molecular flexibility index (Phi) is 5.63. The van der Waals surface area contributed by atoms with E-state index in [2.05, 4.69) is 17.2 Å². The monoisotopic (exact) mass is 459 g/mol. The summed E-state index contributed by atoms with van der Waals surface area (Å²) in [4.78, 5) is 32.8. The van der Waals surface area contributed by atoms with Crippen LogP contribution >= 0.6 is 18.5 Å². The first-order valence-electron chi connectivity index (χ1n) is 10.8. The summed E-state index contributed by atoms with van der Waals surface area (Å²) in [6, 6.07) is 4.14. The molecule has 31 heavy (non-hydrogen) atoms. The van der Waals surface area contributed by atoms with Crippen LogP contribution in [0.3, 0.4) is 0 Å². The van der Waals surface area contributed by atoms with Crippen LogP contribution in [0, 0.1) is 18.8 Å². The standard InChI is InChI=1S/C23H30N3O3PS/c1-12(2)21(27)25-23-24-13(3)20(31-23)16-9-17-11-26(14(4)15-7-8-15)22(28)19(17)18(10-16)30(5,6)29/h9-10,12,14-15H,7-8,11H2,1-6H3,(H,24,25,27). The van der Waals surface area contributed by atoms with Gasteiger partial charge in [-0.3, -0.25) is 9.59 Å². The van der Waals surface area contributed by atoms with E-state index in [-0.39, 0.29) is 23.8 Å². The summed E-state index contributed by atoms with van der Waals surface area (Å²) in [5, 5.41) is 4.08. The second kappa shape index (κ2) is 7.86. The van der Waals surface area contributed by atoms with Crippen molar-refractivity contribution in [3.05, 3.63) is 29.0 Å². The Labute approximate surface area is 187 Å². The first-order chi connectivity index (χ1) is 14.5. The van der Waals surface area contributed by atoms with Crippen molar-refractivity contribution in [3.63, 3.8) is 0 Å². The number of carbonyl (C=O) groups excluding carboxylic acids is 2. The second-order valence-electron chi connectivity index (χ2n) is 9.47. The molecule has 0 saturated heterocycles. The summed E-state index contributed by atoms with van der Waals surface area (Å²) < 4.78 is 13.2. The fourth-order valence-corrected chi connectivity index (χ4v) is 6.33. The van der Waals surface area contributed by atoms with E-state index in [9.17, 15) is 14.2 Å². The Hall–Kier alpha value is -1.98. The lowest BCUT2D eigenvalue weighted by Gasteiger charge is -2.24. The molecule has 1 aliphatic carbocycles. The van der Waals surface area contributed by atoms with Crippen LogP contribution in [0.1, 0.15) is 55.2 Å². The topological polar surface area (TPSA) is 79.4 Å². The van der Waals surface area contributed by atoms with Crippen molar-refractivity contribution in [3.8, 4) is 10.4 Å². The van der Waals surface area contributed by atoms with E-state index in [4.69, 9.17) is 0 Å². The number of nitrogens with one attached hydrogen (secondary N) is 1. The van der Waals surface area contributed by atoms with E-state index in [1.807, 2.05) is 37.8 Å². The number of aryl methyl sites for hydroxylation is 1. The summed E-state index contributed by atoms with van der Waals surface area (Å²) in [6.45, 7) is 11.7. The van der Waals surface area contributed by atoms with Crippen molar-refractivity contribution in [1.82, 2.24) is 9.88 Å². The Bertz CT molecular complexity index is 1110. The summed E-state index contributed by atoms with van der Waals surface area (Å²) in [7, 11) is -2.69. The first kappa shape index (κ1) is 22.2. The number of thiazole rings is 1. The van der Waals surface area contributed by atoms with Gasteiger partial charge < -0.3 is 14.8 Å². The molecule has 0 bridgehead atoms. The Morgan fingerprint density at radius 2 is 1.94 bits per heavy atom. The molecule has 2 amide bonds. The number of nitrogens with zero attached hydrogens (tertiary/aromatic N) is 2. The van der Waals surface area contributed by atoms with Crippen LogP contribution in [0.25, 0.3) is 10.4 Å². The van der Waals surface area contributed by atoms with Gasteiger partial charge in [-0.25, -0.2) is 4.98 Å². The van der Waals surface area contributed by atoms with E-state index in [0.717, 1.165) is 21.7 Å². The third kappa shape index (κ3) is 4.22. The first-order valence-corrected chi connectivity index (χ1v) is 14.2. The van der Waals surface area contributed by atoms with Crippen LogP contribution in [0.5, 0.6) is 0 Å². The normalized spacial score (nSPS) is 17.3. The van der Waals surface area contributed by atoms with Gasteiger partial charge in [0, 0.05) is 23.8 Å². The molecule has 1 aliphatic heterocycles. The van der Waals surface area contributed by atoms with E-state index < -0.39 is 7.14 Å². The number of rotatable bonds is 6. The van der Waals surface area contributed by atoms with Crippen LogP contribution in [0.15, 0.2) is 12.1 Å². The maximum atomic E-state index is 13.3. The van der Waals surface area contributed by atoms with Crippen molar-refractivity contribution in [2.75, 3.05) is 18.6 Å². The molecule has 1 N–H and O–H groups in total. The fourth-order valence-electron chi connectivity index (χ4n) is 4.14. The molecular weight excluding hydrogens is 429 g/mol. The van der Waals surface area contributed by atoms with E-state index >= 15 is 0 Å². The molecule has 2 aliphatic rings. The molecule has 2 aromatic rings. The number of anilines is 1. The molecule has 1 fully saturated rings. The number of fused-ring (bicyclic) bond motifs is 1. The molecule has 1 aromatic heterocycles. The SMILES string of the molecule is Cc1nc(NC(=O)C(C)C)sc1-c1cc2c(c(P(C)(C)=O)c1)C(=O)N(C(C)C1CC1)C2. The summed E-state index contributed by atoms with van der Waals surface area (Å²) >= 11 is 1.41. The molecule has 6 nitrogen and oxygen atoms in total. The lowest BCUT2D eigenvalue weighted by Crippen LogP contribution is -2.35. The van der Waals surface area contributed by atoms with E-state index in [1.165, 1.54) is 24.2 Å². The van der Waals surface area contributed by atoms with Crippen LogP contribution < -0.4 is 10.6 Å². The zero-order valence-electron chi connectivity index (χ0n) is 19.0. The zero-order chi connectivity index (χ0) is 22.7. The molecular formula is C23H30N3O3PS. The number of carbonyl (C=O) groups is 2. The van der Waals surface area contributed by atoms with Crippen molar-refractivity contribution >= 4 is 40.7 Å². The molecule has 1 unspecified atom stereocenters. The van der Waals surface area contributed by atoms with E-state index in [0.29, 0.717) is 28.5 Å². The van der Waals surface area contributed by atoms with Crippen LogP contribution in [-0.2, 0) is 15.9 Å². The maximum absolute atomic E-state index is 13.3. The number of hydrogen-bond donors (Lipinski definition) is 1. The fraction of sp³-hybridized carbons (Fsp3) is 0.522. The highest BCUT2D eigenvalue weighted by atomic mass is 32.1. The lowest BCUT2D eigenvalue weighted by molar-refractivity contribution is -0.118. The highest BCUT2D eigenvalue weighted by Crippen LogP contribution is 2.44. The van der Waals surface area contributed by atoms with Crippen molar-refractivity contribution in [2.45, 2.75) is 53.1 Å². The summed E-state index contributed by atoms with van der Waals surface area (Å²) in [5.74, 6) is 0.380. The molecule has 1 aromatic carbocycles. The molecule has 1 atom stereocenters. The van der Waals surface area contributed by atoms with Crippen molar-refractivity contribution in [1.29, 1.82) is 0 Å². The lowest BCUT2D eigenvalue weighted by atomic mass is 10.0. The summed E-state index contributed by atoms with van der Waals surface area (Å²) in [6.07, 6.45) is 2.34. The van der Waals surface area contributed by atoms with Gasteiger partial charge in [-0.1, -0.05) is 25.2 Å². The number of hydrogen-bond acceptors (Lipinski definition) is 5. The van der Waals surface area contributed by atoms with Crippen molar-refractivity contribution in [2.24, 2.45) is 11.8 Å². The molecule has 2 heterocycles. The van der Waals surface area contributed by atoms with Gasteiger partial charge >= 0.3 is 0 Å². The van der Waals surface area contributed by atoms with Crippen LogP contribution in [0.2, 0.25) is 0 Å². The molecule has 1 saturated carbocycles. The Balaban J connectivity index is 1.76. The Morgan fingerprint density at radius 3 is 2.52 bits per heavy atom. The van der Waals surface area contributed by atoms with Gasteiger partial charge in [0.15, 0.2) is 5.13 Å². The zero-order valence-corrected chi connectivity index (χ0v) is 20.7. The highest BCUT2D eigenvalue weighted by Gasteiger charge is 2.41. The minimum absolute atomic E-state index is 0.00536. The predicted octanol–water partition coefficient (Wildman–Crippen LogP) is 4.72. The quantitative estimate of drug-likeness (QED) is 0.634. The van der Waals surface area contributed by atoms with Gasteiger partial charge in [-0.05, 0) is 69.2 Å². The second-order valence-corrected chi connectivity index (χ2v) is 13.7. The third-order valence-electron chi connectivity index (χ3n) is 6.20. The molecule has 0 spiro atoms. The largest absolute Gasteiger partial charge is 0.331 e. The van der Waals surface area contributed by atoms with Gasteiger partial charge in [0.1, 0.15) is 7.14 Å². The minimum Gasteiger partial charge on any atom is -0.331 e. The van der Waals surface area contributed by atoms with Gasteiger partial charge in [0.2, 0.25) is 5.91 Å². The van der Waals surface area contributed by atoms with Crippen LogP contribution in [-0.4, -0.2) is 41.1 Å². The van der Waals surface area contributed by atoms with E-state index in [1.54, 1.807) is 13.3 Å². The third-order valence-corrected chi connectivity index (χ3v) is 8.84. The maximum Gasteiger partial charge on any atom is 0.255 e. The van der Waals surface area contributed by atoms with Gasteiger partial charge in [-0.15, -0.1) is 0 Å². The average molecular weight is 460 g/mol. The Morgan fingerprint density at radius 1 is 1.26 bits per heavy atom. The number of aromatic nitrogens is 1.